The fourth-order valence-electron chi connectivity index (χ4n) is 2.11. The lowest BCUT2D eigenvalue weighted by molar-refractivity contribution is 0.401. The van der Waals surface area contributed by atoms with Gasteiger partial charge in [-0.3, -0.25) is 0 Å². The molecule has 0 aliphatic carbocycles. The summed E-state index contributed by atoms with van der Waals surface area (Å²) in [5.41, 5.74) is 0. The molecule has 1 aromatic carbocycles. The molecule has 21 heavy (non-hydrogen) atoms. The first-order valence-electron chi connectivity index (χ1n) is 7.27. The summed E-state index contributed by atoms with van der Waals surface area (Å²) in [6, 6.07) is 4.58. The van der Waals surface area contributed by atoms with Crippen molar-refractivity contribution in [3.63, 3.8) is 0 Å². The van der Waals surface area contributed by atoms with Crippen LogP contribution in [-0.4, -0.2) is 22.1 Å². The van der Waals surface area contributed by atoms with Gasteiger partial charge in [-0.05, 0) is 30.5 Å². The van der Waals surface area contributed by atoms with E-state index >= 15 is 0 Å². The van der Waals surface area contributed by atoms with Gasteiger partial charge in [0.2, 0.25) is 10.0 Å². The van der Waals surface area contributed by atoms with E-state index in [1.54, 1.807) is 12.1 Å². The highest BCUT2D eigenvalue weighted by Crippen LogP contribution is 2.27. The summed E-state index contributed by atoms with van der Waals surface area (Å²) < 4.78 is 32.6. The molecular weight excluding hydrogens is 310 g/mol. The van der Waals surface area contributed by atoms with Crippen LogP contribution in [0, 0.1) is 5.92 Å². The number of benzene rings is 1. The summed E-state index contributed by atoms with van der Waals surface area (Å²) in [5, 5.41) is 0.370. The standard InChI is InChI=1S/C15H24ClNO3S/c1-4-6-7-12(5-2)11-17-21(18,19)15-10-13(16)8-9-14(15)20-3/h8-10,12,17H,4-7,11H2,1-3H3. The lowest BCUT2D eigenvalue weighted by Crippen LogP contribution is -2.29. The number of hydrogen-bond donors (Lipinski definition) is 1. The Bertz CT molecular complexity index is 546. The molecule has 1 atom stereocenters. The number of nitrogens with one attached hydrogen (secondary N) is 1. The van der Waals surface area contributed by atoms with Gasteiger partial charge in [0.05, 0.1) is 7.11 Å². The number of halogens is 1. The minimum absolute atomic E-state index is 0.0860. The summed E-state index contributed by atoms with van der Waals surface area (Å²) in [6.07, 6.45) is 4.21. The van der Waals surface area contributed by atoms with Crippen molar-refractivity contribution in [1.82, 2.24) is 4.72 Å². The molecule has 0 radical (unpaired) electrons. The van der Waals surface area contributed by atoms with Crippen LogP contribution in [0.2, 0.25) is 5.02 Å². The molecule has 0 heterocycles. The predicted octanol–water partition coefficient (Wildman–Crippen LogP) is 3.84. The van der Waals surface area contributed by atoms with Gasteiger partial charge in [0.15, 0.2) is 0 Å². The van der Waals surface area contributed by atoms with Gasteiger partial charge in [0.25, 0.3) is 0 Å². The Kier molecular flexibility index (Phi) is 7.49. The Labute approximate surface area is 132 Å². The molecule has 0 saturated heterocycles. The maximum atomic E-state index is 12.4. The van der Waals surface area contributed by atoms with Crippen LogP contribution in [-0.2, 0) is 10.0 Å². The normalized spacial score (nSPS) is 13.1. The quantitative estimate of drug-likeness (QED) is 0.747. The molecule has 4 nitrogen and oxygen atoms in total. The number of unbranched alkanes of at least 4 members (excludes halogenated alkanes) is 1. The van der Waals surface area contributed by atoms with Crippen molar-refractivity contribution in [2.75, 3.05) is 13.7 Å². The molecule has 1 unspecified atom stereocenters. The van der Waals surface area contributed by atoms with E-state index in [1.165, 1.54) is 13.2 Å². The van der Waals surface area contributed by atoms with Gasteiger partial charge in [0.1, 0.15) is 10.6 Å². The molecule has 0 saturated carbocycles. The zero-order valence-corrected chi connectivity index (χ0v) is 14.4. The molecule has 0 amide bonds. The number of rotatable bonds is 9. The van der Waals surface area contributed by atoms with E-state index in [1.807, 2.05) is 0 Å². The van der Waals surface area contributed by atoms with Crippen LogP contribution in [0.25, 0.3) is 0 Å². The Morgan fingerprint density at radius 3 is 2.62 bits per heavy atom. The average molecular weight is 334 g/mol. The van der Waals surface area contributed by atoms with Crippen molar-refractivity contribution in [1.29, 1.82) is 0 Å². The van der Waals surface area contributed by atoms with Crippen molar-refractivity contribution in [2.24, 2.45) is 5.92 Å². The Balaban J connectivity index is 2.84. The molecule has 0 spiro atoms. The number of methoxy groups -OCH3 is 1. The smallest absolute Gasteiger partial charge is 0.244 e. The predicted molar refractivity (Wildman–Crippen MR) is 86.5 cm³/mol. The summed E-state index contributed by atoms with van der Waals surface area (Å²) in [7, 11) is -2.17. The average Bonchev–Trinajstić information content (AvgIpc) is 2.47. The van der Waals surface area contributed by atoms with Gasteiger partial charge in [-0.2, -0.15) is 0 Å². The molecule has 0 aliphatic heterocycles. The summed E-state index contributed by atoms with van der Waals surface area (Å²) >= 11 is 5.89. The number of sulfonamides is 1. The van der Waals surface area contributed by atoms with E-state index < -0.39 is 10.0 Å². The molecule has 0 bridgehead atoms. The van der Waals surface area contributed by atoms with Crippen LogP contribution in [0.4, 0.5) is 0 Å². The van der Waals surface area contributed by atoms with E-state index in [0.717, 1.165) is 25.7 Å². The molecule has 1 aromatic rings. The zero-order valence-electron chi connectivity index (χ0n) is 12.9. The van der Waals surface area contributed by atoms with E-state index in [2.05, 4.69) is 18.6 Å². The molecular formula is C15H24ClNO3S. The fraction of sp³-hybridized carbons (Fsp3) is 0.600. The van der Waals surface area contributed by atoms with E-state index in [9.17, 15) is 8.42 Å². The highest BCUT2D eigenvalue weighted by Gasteiger charge is 2.21. The molecule has 0 aromatic heterocycles. The van der Waals surface area contributed by atoms with Gasteiger partial charge in [-0.1, -0.05) is 44.7 Å². The van der Waals surface area contributed by atoms with Crippen molar-refractivity contribution >= 4 is 21.6 Å². The highest BCUT2D eigenvalue weighted by atomic mass is 35.5. The van der Waals surface area contributed by atoms with Crippen LogP contribution in [0.1, 0.15) is 39.5 Å². The monoisotopic (exact) mass is 333 g/mol. The van der Waals surface area contributed by atoms with Gasteiger partial charge < -0.3 is 4.74 Å². The van der Waals surface area contributed by atoms with E-state index in [4.69, 9.17) is 16.3 Å². The largest absolute Gasteiger partial charge is 0.495 e. The first kappa shape index (κ1) is 18.3. The van der Waals surface area contributed by atoms with Crippen LogP contribution in [0.3, 0.4) is 0 Å². The number of ether oxygens (including phenoxy) is 1. The third kappa shape index (κ3) is 5.49. The van der Waals surface area contributed by atoms with Crippen LogP contribution in [0.15, 0.2) is 23.1 Å². The van der Waals surface area contributed by atoms with E-state index in [-0.39, 0.29) is 4.90 Å². The second-order valence-electron chi connectivity index (χ2n) is 5.06. The first-order valence-corrected chi connectivity index (χ1v) is 9.13. The summed E-state index contributed by atoms with van der Waals surface area (Å²) in [4.78, 5) is 0.0860. The van der Waals surface area contributed by atoms with Gasteiger partial charge in [-0.15, -0.1) is 0 Å². The van der Waals surface area contributed by atoms with Gasteiger partial charge in [-0.25, -0.2) is 13.1 Å². The summed E-state index contributed by atoms with van der Waals surface area (Å²) in [6.45, 7) is 4.65. The van der Waals surface area contributed by atoms with Crippen LogP contribution < -0.4 is 9.46 Å². The SMILES string of the molecule is CCCCC(CC)CNS(=O)(=O)c1cc(Cl)ccc1OC. The molecule has 120 valence electrons. The minimum atomic E-state index is -3.62. The maximum Gasteiger partial charge on any atom is 0.244 e. The first-order chi connectivity index (χ1) is 9.94. The maximum absolute atomic E-state index is 12.4. The van der Waals surface area contributed by atoms with Crippen molar-refractivity contribution in [3.8, 4) is 5.75 Å². The molecule has 1 N–H and O–H groups in total. The van der Waals surface area contributed by atoms with E-state index in [0.29, 0.717) is 23.2 Å². The Hall–Kier alpha value is -0.780. The fourth-order valence-corrected chi connectivity index (χ4v) is 3.65. The lowest BCUT2D eigenvalue weighted by atomic mass is 10.00. The second-order valence-corrected chi connectivity index (χ2v) is 7.24. The van der Waals surface area contributed by atoms with Crippen LogP contribution in [0.5, 0.6) is 5.75 Å². The van der Waals surface area contributed by atoms with Gasteiger partial charge in [0, 0.05) is 11.6 Å². The molecule has 1 rings (SSSR count). The molecule has 0 aliphatic rings. The van der Waals surface area contributed by atoms with Crippen molar-refractivity contribution < 1.29 is 13.2 Å². The molecule has 0 fully saturated rings. The molecule has 6 heteroatoms. The van der Waals surface area contributed by atoms with Crippen LogP contribution >= 0.6 is 11.6 Å². The Morgan fingerprint density at radius 2 is 2.05 bits per heavy atom. The zero-order chi connectivity index (χ0) is 15.9. The minimum Gasteiger partial charge on any atom is -0.495 e. The van der Waals surface area contributed by atoms with Crippen molar-refractivity contribution in [2.45, 2.75) is 44.4 Å². The number of hydrogen-bond acceptors (Lipinski definition) is 3. The lowest BCUT2D eigenvalue weighted by Gasteiger charge is -2.16. The summed E-state index contributed by atoms with van der Waals surface area (Å²) in [5.74, 6) is 0.651. The Morgan fingerprint density at radius 1 is 1.33 bits per heavy atom. The third-order valence-electron chi connectivity index (χ3n) is 3.52. The second kappa shape index (κ2) is 8.61. The third-order valence-corrected chi connectivity index (χ3v) is 5.20. The highest BCUT2D eigenvalue weighted by molar-refractivity contribution is 7.89. The topological polar surface area (TPSA) is 55.4 Å². The van der Waals surface area contributed by atoms with Gasteiger partial charge >= 0.3 is 0 Å². The van der Waals surface area contributed by atoms with Crippen molar-refractivity contribution in [3.05, 3.63) is 23.2 Å².